The van der Waals surface area contributed by atoms with Crippen LogP contribution in [0.3, 0.4) is 0 Å². The molecule has 3 N–H and O–H groups in total. The molecule has 4 aromatic rings. The summed E-state index contributed by atoms with van der Waals surface area (Å²) >= 11 is 5.87. The number of H-pyrrole nitrogens is 1. The van der Waals surface area contributed by atoms with Gasteiger partial charge in [0.25, 0.3) is 0 Å². The molecule has 0 bridgehead atoms. The molecule has 0 radical (unpaired) electrons. The number of amides is 2. The molecule has 0 saturated heterocycles. The molecular weight excluding hydrogens is 428 g/mol. The van der Waals surface area contributed by atoms with Crippen LogP contribution in [0.25, 0.3) is 11.0 Å². The minimum absolute atomic E-state index is 0.0105. The van der Waals surface area contributed by atoms with Crippen molar-refractivity contribution >= 4 is 40.6 Å². The van der Waals surface area contributed by atoms with Crippen LogP contribution < -0.4 is 15.5 Å². The minimum Gasteiger partial charge on any atom is -0.453 e. The summed E-state index contributed by atoms with van der Waals surface area (Å²) in [5.41, 5.74) is 3.45. The Balaban J connectivity index is 1.39. The number of rotatable bonds is 5. The van der Waals surface area contributed by atoms with Gasteiger partial charge in [-0.3, -0.25) is 0 Å². The molecule has 0 unspecified atom stereocenters. The molecule has 7 nitrogen and oxygen atoms in total. The third kappa shape index (κ3) is 4.78. The third-order valence-corrected chi connectivity index (χ3v) is 4.49. The van der Waals surface area contributed by atoms with Gasteiger partial charge in [-0.2, -0.15) is 5.10 Å². The SMILES string of the molecule is O=C(N/N=C/c1ccc(F)cc1Cl)Nc1ccc(Oc2ccnc3[nH]ccc23)c(F)c1. The van der Waals surface area contributed by atoms with Gasteiger partial charge in [-0.1, -0.05) is 11.6 Å². The van der Waals surface area contributed by atoms with Crippen LogP contribution in [-0.2, 0) is 0 Å². The van der Waals surface area contributed by atoms with Gasteiger partial charge in [-0.05, 0) is 42.5 Å². The van der Waals surface area contributed by atoms with Crippen LogP contribution in [0.15, 0.2) is 66.0 Å². The Morgan fingerprint density at radius 1 is 1.13 bits per heavy atom. The van der Waals surface area contributed by atoms with Gasteiger partial charge < -0.3 is 15.0 Å². The summed E-state index contributed by atoms with van der Waals surface area (Å²) in [5, 5.41) is 7.03. The molecule has 0 spiro atoms. The summed E-state index contributed by atoms with van der Waals surface area (Å²) in [6.45, 7) is 0. The number of nitrogens with one attached hydrogen (secondary N) is 3. The number of hydrogen-bond acceptors (Lipinski definition) is 4. The highest BCUT2D eigenvalue weighted by atomic mass is 35.5. The number of aromatic amines is 1. The molecule has 2 heterocycles. The molecule has 2 amide bonds. The number of hydrogen-bond donors (Lipinski definition) is 3. The Kier molecular flexibility index (Phi) is 5.76. The summed E-state index contributed by atoms with van der Waals surface area (Å²) in [6.07, 6.45) is 4.51. The van der Waals surface area contributed by atoms with Gasteiger partial charge in [-0.15, -0.1) is 0 Å². The molecule has 0 aliphatic heterocycles. The molecule has 156 valence electrons. The van der Waals surface area contributed by atoms with Gasteiger partial charge in [0, 0.05) is 29.7 Å². The van der Waals surface area contributed by atoms with Gasteiger partial charge >= 0.3 is 6.03 Å². The number of hydrazone groups is 1. The number of urea groups is 1. The summed E-state index contributed by atoms with van der Waals surface area (Å²) in [4.78, 5) is 19.0. The average molecular weight is 442 g/mol. The van der Waals surface area contributed by atoms with Crippen molar-refractivity contribution < 1.29 is 18.3 Å². The van der Waals surface area contributed by atoms with E-state index in [1.165, 1.54) is 30.5 Å². The van der Waals surface area contributed by atoms with E-state index in [0.717, 1.165) is 12.1 Å². The van der Waals surface area contributed by atoms with Crippen LogP contribution >= 0.6 is 11.6 Å². The zero-order chi connectivity index (χ0) is 21.8. The highest BCUT2D eigenvalue weighted by Gasteiger charge is 2.11. The average Bonchev–Trinajstić information content (AvgIpc) is 3.21. The van der Waals surface area contributed by atoms with E-state index >= 15 is 0 Å². The Morgan fingerprint density at radius 2 is 2.00 bits per heavy atom. The van der Waals surface area contributed by atoms with Crippen LogP contribution in [0.5, 0.6) is 11.5 Å². The molecule has 0 atom stereocenters. The number of pyridine rings is 1. The molecule has 2 aromatic heterocycles. The standard InChI is InChI=1S/C21H14ClF2N5O2/c22-16-9-13(23)2-1-12(16)11-27-29-21(30)28-14-3-4-19(17(24)10-14)31-18-6-8-26-20-15(18)5-7-25-20/h1-11H,(H,25,26)(H2,28,29,30)/b27-11+. The van der Waals surface area contributed by atoms with E-state index in [1.54, 1.807) is 24.5 Å². The van der Waals surface area contributed by atoms with E-state index in [0.29, 0.717) is 22.3 Å². The first kappa shape index (κ1) is 20.3. The van der Waals surface area contributed by atoms with E-state index in [4.69, 9.17) is 16.3 Å². The second kappa shape index (κ2) is 8.80. The zero-order valence-electron chi connectivity index (χ0n) is 15.7. The summed E-state index contributed by atoms with van der Waals surface area (Å²) in [6, 6.07) is 10.4. The Morgan fingerprint density at radius 3 is 2.81 bits per heavy atom. The normalized spacial score (nSPS) is 11.1. The first-order chi connectivity index (χ1) is 15.0. The fourth-order valence-corrected chi connectivity index (χ4v) is 2.95. The number of nitrogens with zero attached hydrogens (tertiary/aromatic N) is 2. The van der Waals surface area contributed by atoms with Crippen LogP contribution in [0, 0.1) is 11.6 Å². The highest BCUT2D eigenvalue weighted by molar-refractivity contribution is 6.33. The number of anilines is 1. The number of aromatic nitrogens is 2. The maximum atomic E-state index is 14.5. The fraction of sp³-hybridized carbons (Fsp3) is 0. The summed E-state index contributed by atoms with van der Waals surface area (Å²) < 4.78 is 33.1. The molecule has 0 fully saturated rings. The second-order valence-corrected chi connectivity index (χ2v) is 6.69. The lowest BCUT2D eigenvalue weighted by molar-refractivity contribution is 0.252. The maximum absolute atomic E-state index is 14.5. The van der Waals surface area contributed by atoms with Crippen molar-refractivity contribution in [3.8, 4) is 11.5 Å². The van der Waals surface area contributed by atoms with Crippen molar-refractivity contribution in [3.63, 3.8) is 0 Å². The molecule has 31 heavy (non-hydrogen) atoms. The van der Waals surface area contributed by atoms with Crippen LogP contribution in [0.1, 0.15) is 5.56 Å². The van der Waals surface area contributed by atoms with Crippen LogP contribution in [-0.4, -0.2) is 22.2 Å². The molecule has 10 heteroatoms. The van der Waals surface area contributed by atoms with Gasteiger partial charge in [0.05, 0.1) is 16.6 Å². The van der Waals surface area contributed by atoms with Gasteiger partial charge in [0.15, 0.2) is 11.6 Å². The van der Waals surface area contributed by atoms with Gasteiger partial charge in [0.1, 0.15) is 17.2 Å². The molecule has 0 saturated carbocycles. The van der Waals surface area contributed by atoms with E-state index in [1.807, 2.05) is 0 Å². The lowest BCUT2D eigenvalue weighted by Gasteiger charge is -2.10. The molecular formula is C21H14ClF2N5O2. The fourth-order valence-electron chi connectivity index (χ4n) is 2.73. The third-order valence-electron chi connectivity index (χ3n) is 4.16. The van der Waals surface area contributed by atoms with Crippen LogP contribution in [0.2, 0.25) is 5.02 Å². The maximum Gasteiger partial charge on any atom is 0.339 e. The van der Waals surface area contributed by atoms with E-state index in [-0.39, 0.29) is 16.5 Å². The quantitative estimate of drug-likeness (QED) is 0.284. The van der Waals surface area contributed by atoms with Crippen molar-refractivity contribution in [1.82, 2.24) is 15.4 Å². The second-order valence-electron chi connectivity index (χ2n) is 6.29. The Hall–Kier alpha value is -3.98. The molecule has 0 aliphatic rings. The van der Waals surface area contributed by atoms with E-state index in [2.05, 4.69) is 25.8 Å². The summed E-state index contributed by atoms with van der Waals surface area (Å²) in [5.74, 6) is -0.718. The Labute approximate surface area is 179 Å². The largest absolute Gasteiger partial charge is 0.453 e. The Bertz CT molecular complexity index is 1290. The van der Waals surface area contributed by atoms with Crippen LogP contribution in [0.4, 0.5) is 19.3 Å². The van der Waals surface area contributed by atoms with Crippen molar-refractivity contribution in [2.75, 3.05) is 5.32 Å². The predicted octanol–water partition coefficient (Wildman–Crippen LogP) is 5.44. The number of benzene rings is 2. The monoisotopic (exact) mass is 441 g/mol. The lowest BCUT2D eigenvalue weighted by atomic mass is 10.2. The van der Waals surface area contributed by atoms with E-state index < -0.39 is 17.7 Å². The minimum atomic E-state index is -0.703. The first-order valence-corrected chi connectivity index (χ1v) is 9.32. The number of carbonyl (C=O) groups excluding carboxylic acids is 1. The predicted molar refractivity (Wildman–Crippen MR) is 114 cm³/mol. The number of fused-ring (bicyclic) bond motifs is 1. The topological polar surface area (TPSA) is 91.4 Å². The lowest BCUT2D eigenvalue weighted by Crippen LogP contribution is -2.24. The highest BCUT2D eigenvalue weighted by Crippen LogP contribution is 2.31. The molecule has 0 aliphatic carbocycles. The zero-order valence-corrected chi connectivity index (χ0v) is 16.5. The summed E-state index contributed by atoms with van der Waals surface area (Å²) in [7, 11) is 0. The number of halogens is 3. The van der Waals surface area contributed by atoms with E-state index in [9.17, 15) is 13.6 Å². The first-order valence-electron chi connectivity index (χ1n) is 8.94. The van der Waals surface area contributed by atoms with Crippen molar-refractivity contribution in [2.24, 2.45) is 5.10 Å². The van der Waals surface area contributed by atoms with Gasteiger partial charge in [0.2, 0.25) is 0 Å². The number of carbonyl (C=O) groups is 1. The van der Waals surface area contributed by atoms with Crippen molar-refractivity contribution in [2.45, 2.75) is 0 Å². The molecule has 4 rings (SSSR count). The van der Waals surface area contributed by atoms with Crippen molar-refractivity contribution in [1.29, 1.82) is 0 Å². The molecule has 2 aromatic carbocycles. The van der Waals surface area contributed by atoms with Gasteiger partial charge in [-0.25, -0.2) is 24.0 Å². The smallest absolute Gasteiger partial charge is 0.339 e. The van der Waals surface area contributed by atoms with Crippen molar-refractivity contribution in [3.05, 3.63) is 83.1 Å². The number of ether oxygens (including phenoxy) is 1.